The van der Waals surface area contributed by atoms with Crippen molar-refractivity contribution < 1.29 is 0 Å². The topological polar surface area (TPSA) is 32.5 Å². The molecule has 0 radical (unpaired) electrons. The third-order valence-electron chi connectivity index (χ3n) is 5.79. The first kappa shape index (κ1) is 11.9. The molecule has 2 bridgehead atoms. The van der Waals surface area contributed by atoms with Crippen LogP contribution < -0.4 is 5.73 Å². The van der Waals surface area contributed by atoms with Gasteiger partial charge >= 0.3 is 0 Å². The van der Waals surface area contributed by atoms with Crippen molar-refractivity contribution in [3.8, 4) is 0 Å². The van der Waals surface area contributed by atoms with E-state index < -0.39 is 0 Å². The van der Waals surface area contributed by atoms with Crippen LogP contribution in [0.3, 0.4) is 0 Å². The molecule has 0 amide bonds. The molecule has 5 unspecified atom stereocenters. The molecular formula is C14H27N3. The van der Waals surface area contributed by atoms with E-state index in [0.717, 1.165) is 24.3 Å². The smallest absolute Gasteiger partial charge is 0.0381 e. The second kappa shape index (κ2) is 4.22. The molecule has 17 heavy (non-hydrogen) atoms. The summed E-state index contributed by atoms with van der Waals surface area (Å²) in [5.74, 6) is 2.72. The molecule has 1 saturated carbocycles. The summed E-state index contributed by atoms with van der Waals surface area (Å²) in [5, 5.41) is 0. The lowest BCUT2D eigenvalue weighted by molar-refractivity contribution is 0.0230. The van der Waals surface area contributed by atoms with E-state index >= 15 is 0 Å². The third kappa shape index (κ3) is 1.92. The predicted molar refractivity (Wildman–Crippen MR) is 70.9 cm³/mol. The van der Waals surface area contributed by atoms with Gasteiger partial charge in [0.2, 0.25) is 0 Å². The highest BCUT2D eigenvalue weighted by Crippen LogP contribution is 2.43. The SMILES string of the molecule is CC1CC1CN(C)C1(CN)CCN2CCC1C2. The molecule has 3 nitrogen and oxygen atoms in total. The molecule has 2 heterocycles. The molecular weight excluding hydrogens is 210 g/mol. The largest absolute Gasteiger partial charge is 0.329 e. The Labute approximate surface area is 105 Å². The van der Waals surface area contributed by atoms with Crippen LogP contribution in [0.1, 0.15) is 26.2 Å². The fourth-order valence-electron chi connectivity index (χ4n) is 4.14. The lowest BCUT2D eigenvalue weighted by Crippen LogP contribution is -2.61. The Morgan fingerprint density at radius 3 is 2.82 bits per heavy atom. The molecule has 3 fully saturated rings. The van der Waals surface area contributed by atoms with E-state index in [1.54, 1.807) is 0 Å². The van der Waals surface area contributed by atoms with Crippen LogP contribution in [0.2, 0.25) is 0 Å². The summed E-state index contributed by atoms with van der Waals surface area (Å²) in [7, 11) is 2.33. The number of nitrogens with two attached hydrogens (primary N) is 1. The Morgan fingerprint density at radius 2 is 2.18 bits per heavy atom. The van der Waals surface area contributed by atoms with Gasteiger partial charge in [0, 0.05) is 25.2 Å². The van der Waals surface area contributed by atoms with Gasteiger partial charge in [-0.05, 0) is 57.2 Å². The molecule has 1 aliphatic carbocycles. The number of likely N-dealkylation sites (N-methyl/N-ethyl adjacent to an activating group) is 1. The van der Waals surface area contributed by atoms with Gasteiger partial charge in [0.25, 0.3) is 0 Å². The van der Waals surface area contributed by atoms with Gasteiger partial charge in [-0.15, -0.1) is 0 Å². The fraction of sp³-hybridized carbons (Fsp3) is 1.00. The van der Waals surface area contributed by atoms with Crippen LogP contribution >= 0.6 is 0 Å². The van der Waals surface area contributed by atoms with Gasteiger partial charge in [-0.25, -0.2) is 0 Å². The van der Waals surface area contributed by atoms with Crippen molar-refractivity contribution in [1.29, 1.82) is 0 Å². The Kier molecular flexibility index (Phi) is 2.96. The van der Waals surface area contributed by atoms with Crippen LogP contribution in [0.15, 0.2) is 0 Å². The van der Waals surface area contributed by atoms with E-state index in [1.165, 1.54) is 45.4 Å². The summed E-state index contributed by atoms with van der Waals surface area (Å²) in [5.41, 5.74) is 6.51. The van der Waals surface area contributed by atoms with E-state index in [4.69, 9.17) is 5.73 Å². The first-order valence-corrected chi connectivity index (χ1v) is 7.29. The van der Waals surface area contributed by atoms with Gasteiger partial charge in [0.1, 0.15) is 0 Å². The summed E-state index contributed by atoms with van der Waals surface area (Å²) in [6.45, 7) is 8.36. The zero-order valence-corrected chi connectivity index (χ0v) is 11.4. The Balaban J connectivity index is 1.71. The van der Waals surface area contributed by atoms with Gasteiger partial charge in [-0.3, -0.25) is 4.90 Å². The molecule has 0 aromatic rings. The summed E-state index contributed by atoms with van der Waals surface area (Å²) in [4.78, 5) is 5.25. The molecule has 2 aliphatic heterocycles. The quantitative estimate of drug-likeness (QED) is 0.792. The first-order valence-electron chi connectivity index (χ1n) is 7.29. The molecule has 3 aliphatic rings. The van der Waals surface area contributed by atoms with Crippen LogP contribution in [0.4, 0.5) is 0 Å². The number of hydrogen-bond donors (Lipinski definition) is 1. The van der Waals surface area contributed by atoms with Gasteiger partial charge in [-0.2, -0.15) is 0 Å². The molecule has 2 saturated heterocycles. The standard InChI is InChI=1S/C14H27N3/c1-11-7-12(11)8-16(2)14(10-15)4-6-17-5-3-13(14)9-17/h11-13H,3-10,15H2,1-2H3. The van der Waals surface area contributed by atoms with E-state index in [1.807, 2.05) is 0 Å². The van der Waals surface area contributed by atoms with Crippen LogP contribution in [0.25, 0.3) is 0 Å². The van der Waals surface area contributed by atoms with Crippen LogP contribution in [0.5, 0.6) is 0 Å². The van der Waals surface area contributed by atoms with Crippen molar-refractivity contribution in [2.24, 2.45) is 23.5 Å². The van der Waals surface area contributed by atoms with Crippen molar-refractivity contribution in [2.75, 3.05) is 39.8 Å². The van der Waals surface area contributed by atoms with Gasteiger partial charge in [0.15, 0.2) is 0 Å². The summed E-state index contributed by atoms with van der Waals surface area (Å²) in [6.07, 6.45) is 4.08. The Hall–Kier alpha value is -0.120. The van der Waals surface area contributed by atoms with Crippen molar-refractivity contribution in [1.82, 2.24) is 9.80 Å². The molecule has 0 aromatic carbocycles. The maximum Gasteiger partial charge on any atom is 0.0381 e. The van der Waals surface area contributed by atoms with Gasteiger partial charge < -0.3 is 10.6 Å². The minimum atomic E-state index is 0.315. The van der Waals surface area contributed by atoms with Gasteiger partial charge in [-0.1, -0.05) is 6.92 Å². The number of piperidine rings is 1. The zero-order chi connectivity index (χ0) is 12.0. The minimum absolute atomic E-state index is 0.315. The molecule has 0 aromatic heterocycles. The Morgan fingerprint density at radius 1 is 1.41 bits per heavy atom. The zero-order valence-electron chi connectivity index (χ0n) is 11.4. The summed E-state index contributed by atoms with van der Waals surface area (Å²) < 4.78 is 0. The van der Waals surface area contributed by atoms with E-state index in [-0.39, 0.29) is 0 Å². The van der Waals surface area contributed by atoms with Crippen molar-refractivity contribution in [3.63, 3.8) is 0 Å². The van der Waals surface area contributed by atoms with Crippen LogP contribution in [-0.4, -0.2) is 55.1 Å². The number of rotatable bonds is 4. The number of nitrogens with zero attached hydrogens (tertiary/aromatic N) is 2. The second-order valence-electron chi connectivity index (χ2n) is 6.70. The van der Waals surface area contributed by atoms with E-state index in [0.29, 0.717) is 5.54 Å². The normalized spacial score (nSPS) is 48.7. The van der Waals surface area contributed by atoms with Crippen LogP contribution in [-0.2, 0) is 0 Å². The molecule has 0 spiro atoms. The van der Waals surface area contributed by atoms with Crippen molar-refractivity contribution in [3.05, 3.63) is 0 Å². The fourth-order valence-corrected chi connectivity index (χ4v) is 4.14. The average Bonchev–Trinajstić information content (AvgIpc) is 2.87. The maximum absolute atomic E-state index is 6.19. The third-order valence-corrected chi connectivity index (χ3v) is 5.79. The summed E-state index contributed by atoms with van der Waals surface area (Å²) in [6, 6.07) is 0. The average molecular weight is 237 g/mol. The highest BCUT2D eigenvalue weighted by atomic mass is 15.3. The molecule has 2 N–H and O–H groups in total. The van der Waals surface area contributed by atoms with E-state index in [9.17, 15) is 0 Å². The number of hydrogen-bond acceptors (Lipinski definition) is 3. The second-order valence-corrected chi connectivity index (χ2v) is 6.70. The highest BCUT2D eigenvalue weighted by Gasteiger charge is 2.49. The molecule has 3 rings (SSSR count). The minimum Gasteiger partial charge on any atom is -0.329 e. The molecule has 5 atom stereocenters. The van der Waals surface area contributed by atoms with E-state index in [2.05, 4.69) is 23.8 Å². The molecule has 3 heteroatoms. The summed E-state index contributed by atoms with van der Waals surface area (Å²) >= 11 is 0. The highest BCUT2D eigenvalue weighted by molar-refractivity contribution is 5.05. The Bertz CT molecular complexity index is 293. The lowest BCUT2D eigenvalue weighted by Gasteiger charge is -2.49. The predicted octanol–water partition coefficient (Wildman–Crippen LogP) is 0.997. The maximum atomic E-state index is 6.19. The monoisotopic (exact) mass is 237 g/mol. The first-order chi connectivity index (χ1) is 8.15. The van der Waals surface area contributed by atoms with Crippen molar-refractivity contribution >= 4 is 0 Å². The van der Waals surface area contributed by atoms with Crippen molar-refractivity contribution in [2.45, 2.75) is 31.7 Å². The molecule has 98 valence electrons. The lowest BCUT2D eigenvalue weighted by atomic mass is 9.77. The number of fused-ring (bicyclic) bond motifs is 2. The van der Waals surface area contributed by atoms with Gasteiger partial charge in [0.05, 0.1) is 0 Å². The van der Waals surface area contributed by atoms with Crippen LogP contribution in [0, 0.1) is 17.8 Å².